The SMILES string of the molecule is CC(=O)c1ccc(N(CCNC(=O)Cc2ccccc2C)C(C)=O)cc1. The zero-order chi connectivity index (χ0) is 19.1. The Hall–Kier alpha value is -2.95. The van der Waals surface area contributed by atoms with Crippen molar-refractivity contribution in [2.24, 2.45) is 0 Å². The minimum absolute atomic E-state index is 0.0191. The van der Waals surface area contributed by atoms with Gasteiger partial charge in [0, 0.05) is 31.3 Å². The van der Waals surface area contributed by atoms with Gasteiger partial charge in [0.15, 0.2) is 5.78 Å². The van der Waals surface area contributed by atoms with Crippen molar-refractivity contribution in [3.63, 3.8) is 0 Å². The van der Waals surface area contributed by atoms with Crippen LogP contribution in [0.1, 0.15) is 35.3 Å². The van der Waals surface area contributed by atoms with Gasteiger partial charge in [0.05, 0.1) is 6.42 Å². The topological polar surface area (TPSA) is 66.5 Å². The molecule has 0 aliphatic heterocycles. The molecule has 0 atom stereocenters. The predicted molar refractivity (Wildman–Crippen MR) is 102 cm³/mol. The number of ketones is 1. The van der Waals surface area contributed by atoms with Gasteiger partial charge in [0.1, 0.15) is 0 Å². The molecule has 136 valence electrons. The molecule has 0 fully saturated rings. The Labute approximate surface area is 154 Å². The fourth-order valence-corrected chi connectivity index (χ4v) is 2.70. The van der Waals surface area contributed by atoms with E-state index in [-0.39, 0.29) is 17.6 Å². The van der Waals surface area contributed by atoms with Crippen molar-refractivity contribution in [2.45, 2.75) is 27.2 Å². The zero-order valence-corrected chi connectivity index (χ0v) is 15.4. The van der Waals surface area contributed by atoms with Crippen LogP contribution >= 0.6 is 0 Å². The van der Waals surface area contributed by atoms with Gasteiger partial charge in [-0.3, -0.25) is 14.4 Å². The van der Waals surface area contributed by atoms with E-state index in [1.54, 1.807) is 29.2 Å². The maximum Gasteiger partial charge on any atom is 0.224 e. The number of nitrogens with one attached hydrogen (secondary N) is 1. The smallest absolute Gasteiger partial charge is 0.224 e. The highest BCUT2D eigenvalue weighted by atomic mass is 16.2. The Balaban J connectivity index is 1.92. The molecule has 0 unspecified atom stereocenters. The first-order valence-corrected chi connectivity index (χ1v) is 8.59. The van der Waals surface area contributed by atoms with Gasteiger partial charge in [-0.2, -0.15) is 0 Å². The number of hydrogen-bond acceptors (Lipinski definition) is 3. The summed E-state index contributed by atoms with van der Waals surface area (Å²) in [4.78, 5) is 37.0. The molecule has 5 heteroatoms. The Kier molecular flexibility index (Phi) is 6.67. The standard InChI is InChI=1S/C21H24N2O3/c1-15-6-4-5-7-19(15)14-21(26)22-12-13-23(17(3)25)20-10-8-18(9-11-20)16(2)24/h4-11H,12-14H2,1-3H3,(H,22,26). The van der Waals surface area contributed by atoms with Crippen LogP contribution in [-0.4, -0.2) is 30.7 Å². The molecule has 0 saturated carbocycles. The first kappa shape index (κ1) is 19.4. The Morgan fingerprint density at radius 2 is 1.62 bits per heavy atom. The lowest BCUT2D eigenvalue weighted by Gasteiger charge is -2.21. The second kappa shape index (κ2) is 8.94. The number of amides is 2. The van der Waals surface area contributed by atoms with Crippen molar-refractivity contribution in [2.75, 3.05) is 18.0 Å². The molecule has 1 N–H and O–H groups in total. The Morgan fingerprint density at radius 1 is 0.962 bits per heavy atom. The molecule has 0 spiro atoms. The molecular weight excluding hydrogens is 328 g/mol. The van der Waals surface area contributed by atoms with Crippen molar-refractivity contribution in [1.82, 2.24) is 5.32 Å². The third-order valence-corrected chi connectivity index (χ3v) is 4.24. The highest BCUT2D eigenvalue weighted by Crippen LogP contribution is 2.15. The maximum atomic E-state index is 12.1. The number of carbonyl (C=O) groups excluding carboxylic acids is 3. The van der Waals surface area contributed by atoms with Crippen LogP contribution in [0.3, 0.4) is 0 Å². The van der Waals surface area contributed by atoms with E-state index in [1.165, 1.54) is 13.8 Å². The molecule has 0 aliphatic carbocycles. The predicted octanol–water partition coefficient (Wildman–Crippen LogP) is 2.91. The molecule has 2 aromatic carbocycles. The van der Waals surface area contributed by atoms with Crippen molar-refractivity contribution >= 4 is 23.3 Å². The van der Waals surface area contributed by atoms with E-state index in [0.717, 1.165) is 11.1 Å². The lowest BCUT2D eigenvalue weighted by molar-refractivity contribution is -0.121. The molecule has 0 aromatic heterocycles. The van der Waals surface area contributed by atoms with Crippen LogP contribution in [0.2, 0.25) is 0 Å². The van der Waals surface area contributed by atoms with E-state index in [2.05, 4.69) is 5.32 Å². The number of rotatable bonds is 7. The van der Waals surface area contributed by atoms with Gasteiger partial charge in [0.2, 0.25) is 11.8 Å². The summed E-state index contributed by atoms with van der Waals surface area (Å²) in [5.41, 5.74) is 3.38. The molecule has 0 radical (unpaired) electrons. The van der Waals surface area contributed by atoms with Gasteiger partial charge in [-0.05, 0) is 49.2 Å². The summed E-state index contributed by atoms with van der Waals surface area (Å²) in [7, 11) is 0. The number of benzene rings is 2. The molecule has 0 saturated heterocycles. The number of nitrogens with zero attached hydrogens (tertiary/aromatic N) is 1. The van der Waals surface area contributed by atoms with Crippen LogP contribution in [0.5, 0.6) is 0 Å². The van der Waals surface area contributed by atoms with Gasteiger partial charge in [-0.15, -0.1) is 0 Å². The summed E-state index contributed by atoms with van der Waals surface area (Å²) in [5.74, 6) is -0.210. The second-order valence-corrected chi connectivity index (χ2v) is 6.23. The average molecular weight is 352 g/mol. The molecule has 5 nitrogen and oxygen atoms in total. The van der Waals surface area contributed by atoms with Crippen molar-refractivity contribution < 1.29 is 14.4 Å². The average Bonchev–Trinajstić information content (AvgIpc) is 2.60. The zero-order valence-electron chi connectivity index (χ0n) is 15.4. The van der Waals surface area contributed by atoms with E-state index >= 15 is 0 Å². The monoisotopic (exact) mass is 352 g/mol. The number of aryl methyl sites for hydroxylation is 1. The first-order chi connectivity index (χ1) is 12.4. The molecule has 2 amide bonds. The number of hydrogen-bond donors (Lipinski definition) is 1. The Morgan fingerprint density at radius 3 is 2.19 bits per heavy atom. The number of anilines is 1. The third kappa shape index (κ3) is 5.28. The molecule has 0 heterocycles. The maximum absolute atomic E-state index is 12.1. The van der Waals surface area contributed by atoms with Crippen molar-refractivity contribution in [3.05, 3.63) is 65.2 Å². The highest BCUT2D eigenvalue weighted by Gasteiger charge is 2.13. The minimum Gasteiger partial charge on any atom is -0.354 e. The molecule has 26 heavy (non-hydrogen) atoms. The second-order valence-electron chi connectivity index (χ2n) is 6.23. The summed E-state index contributed by atoms with van der Waals surface area (Å²) in [5, 5.41) is 2.86. The van der Waals surface area contributed by atoms with E-state index in [9.17, 15) is 14.4 Å². The normalized spacial score (nSPS) is 10.3. The highest BCUT2D eigenvalue weighted by molar-refractivity contribution is 5.96. The Bertz CT molecular complexity index is 797. The summed E-state index contributed by atoms with van der Waals surface area (Å²) in [6.45, 7) is 5.69. The molecule has 2 rings (SSSR count). The number of Topliss-reactive ketones (excluding diaryl/α,β-unsaturated/α-hetero) is 1. The van der Waals surface area contributed by atoms with E-state index < -0.39 is 0 Å². The van der Waals surface area contributed by atoms with E-state index in [1.807, 2.05) is 31.2 Å². The van der Waals surface area contributed by atoms with Crippen LogP contribution in [0.15, 0.2) is 48.5 Å². The fourth-order valence-electron chi connectivity index (χ4n) is 2.70. The molecule has 2 aromatic rings. The van der Waals surface area contributed by atoms with Gasteiger partial charge in [0.25, 0.3) is 0 Å². The van der Waals surface area contributed by atoms with Gasteiger partial charge >= 0.3 is 0 Å². The van der Waals surface area contributed by atoms with Crippen LogP contribution in [0.25, 0.3) is 0 Å². The fraction of sp³-hybridized carbons (Fsp3) is 0.286. The molecular formula is C21H24N2O3. The lowest BCUT2D eigenvalue weighted by Crippen LogP contribution is -2.38. The lowest BCUT2D eigenvalue weighted by atomic mass is 10.1. The van der Waals surface area contributed by atoms with Crippen LogP contribution in [0, 0.1) is 6.92 Å². The van der Waals surface area contributed by atoms with Crippen molar-refractivity contribution in [3.8, 4) is 0 Å². The van der Waals surface area contributed by atoms with Crippen molar-refractivity contribution in [1.29, 1.82) is 0 Å². The van der Waals surface area contributed by atoms with Crippen LogP contribution in [0.4, 0.5) is 5.69 Å². The summed E-state index contributed by atoms with van der Waals surface area (Å²) >= 11 is 0. The molecule has 0 bridgehead atoms. The summed E-state index contributed by atoms with van der Waals surface area (Å²) in [6, 6.07) is 14.7. The number of carbonyl (C=O) groups is 3. The van der Waals surface area contributed by atoms with Gasteiger partial charge in [-0.1, -0.05) is 24.3 Å². The van der Waals surface area contributed by atoms with Gasteiger partial charge in [-0.25, -0.2) is 0 Å². The van der Waals surface area contributed by atoms with E-state index in [4.69, 9.17) is 0 Å². The minimum atomic E-state index is -0.117. The van der Waals surface area contributed by atoms with Gasteiger partial charge < -0.3 is 10.2 Å². The molecule has 0 aliphatic rings. The summed E-state index contributed by atoms with van der Waals surface area (Å²) in [6.07, 6.45) is 0.319. The first-order valence-electron chi connectivity index (χ1n) is 8.59. The van der Waals surface area contributed by atoms with E-state index in [0.29, 0.717) is 30.8 Å². The third-order valence-electron chi connectivity index (χ3n) is 4.24. The quantitative estimate of drug-likeness (QED) is 0.779. The largest absolute Gasteiger partial charge is 0.354 e. The van der Waals surface area contributed by atoms with Crippen LogP contribution < -0.4 is 10.2 Å². The summed E-state index contributed by atoms with van der Waals surface area (Å²) < 4.78 is 0. The van der Waals surface area contributed by atoms with Crippen LogP contribution in [-0.2, 0) is 16.0 Å².